The minimum atomic E-state index is -0.190. The zero-order valence-electron chi connectivity index (χ0n) is 10.6. The summed E-state index contributed by atoms with van der Waals surface area (Å²) in [4.78, 5) is 13.1. The molecule has 0 bridgehead atoms. The third kappa shape index (κ3) is 5.87. The zero-order chi connectivity index (χ0) is 13.3. The van der Waals surface area contributed by atoms with Crippen LogP contribution >= 0.6 is 31.9 Å². The van der Waals surface area contributed by atoms with Gasteiger partial charge in [-0.1, -0.05) is 65.0 Å². The molecule has 0 spiro atoms. The summed E-state index contributed by atoms with van der Waals surface area (Å²) in [5, 5.41) is 0. The number of carbonyl (C=O) groups is 1. The van der Waals surface area contributed by atoms with Crippen LogP contribution in [0.25, 0.3) is 0 Å². The van der Waals surface area contributed by atoms with E-state index in [1.54, 1.807) is 4.99 Å². The quantitative estimate of drug-likeness (QED) is 0.391. The van der Waals surface area contributed by atoms with Crippen LogP contribution in [0, 0.1) is 5.92 Å². The molecule has 0 fully saturated rings. The van der Waals surface area contributed by atoms with Gasteiger partial charge in [0.05, 0.1) is 0 Å². The van der Waals surface area contributed by atoms with Gasteiger partial charge in [0.1, 0.15) is 5.76 Å². The van der Waals surface area contributed by atoms with Crippen LogP contribution in [0.15, 0.2) is 22.4 Å². The Morgan fingerprint density at radius 1 is 1.41 bits per heavy atom. The second-order valence-corrected chi connectivity index (χ2v) is 4.36. The lowest BCUT2D eigenvalue weighted by atomic mass is 9.95. The molecule has 0 aromatic rings. The molecule has 2 nitrogen and oxygen atoms in total. The number of rotatable bonds is 5. The largest absolute Gasteiger partial charge is 0.423 e. The summed E-state index contributed by atoms with van der Waals surface area (Å²) in [6.07, 6.45) is 6.50. The molecule has 1 unspecified atom stereocenters. The maximum absolute atomic E-state index is 11.5. The summed E-state index contributed by atoms with van der Waals surface area (Å²) < 4.78 is 5.03. The van der Waals surface area contributed by atoms with E-state index in [0.29, 0.717) is 11.7 Å². The number of hydrogen-bond acceptors (Lipinski definition) is 2. The molecule has 1 atom stereocenters. The van der Waals surface area contributed by atoms with E-state index in [2.05, 4.69) is 45.7 Å². The number of ether oxygens (including phenoxy) is 1. The smallest absolute Gasteiger partial charge is 0.339 e. The third-order valence-electron chi connectivity index (χ3n) is 2.62. The number of esters is 1. The molecule has 1 aliphatic rings. The van der Waals surface area contributed by atoms with Gasteiger partial charge in [-0.25, -0.2) is 4.79 Å². The Hall–Kier alpha value is -0.0900. The molecule has 0 radical (unpaired) electrons. The van der Waals surface area contributed by atoms with E-state index in [-0.39, 0.29) is 5.97 Å². The molecular weight excluding hydrogens is 348 g/mol. The third-order valence-corrected chi connectivity index (χ3v) is 3.07. The van der Waals surface area contributed by atoms with Crippen LogP contribution < -0.4 is 0 Å². The maximum Gasteiger partial charge on any atom is 0.339 e. The Labute approximate surface area is 121 Å². The fourth-order valence-corrected chi connectivity index (χ4v) is 1.89. The maximum atomic E-state index is 11.5. The molecule has 1 aliphatic heterocycles. The molecule has 17 heavy (non-hydrogen) atoms. The first kappa shape index (κ1) is 16.9. The standard InChI is InChI=1S/C12H17BrO2.CH3Br/c1-3-4-5-6-9(2)11-7-10(8-13)15-12(11)14;1-2/h7-9H,3-6H2,1-2H3;1H3/b10-8-;. The van der Waals surface area contributed by atoms with Crippen LogP contribution in [0.4, 0.5) is 0 Å². The molecule has 4 heteroatoms. The second kappa shape index (κ2) is 9.89. The van der Waals surface area contributed by atoms with E-state index in [1.807, 2.05) is 11.9 Å². The summed E-state index contributed by atoms with van der Waals surface area (Å²) in [7, 11) is 0. The van der Waals surface area contributed by atoms with E-state index in [0.717, 1.165) is 12.0 Å². The summed E-state index contributed by atoms with van der Waals surface area (Å²) in [6, 6.07) is 0. The molecule has 0 aliphatic carbocycles. The Morgan fingerprint density at radius 3 is 2.53 bits per heavy atom. The SMILES string of the molecule is CBr.CCCCCC(C)C1=C/C(=C/Br)OC1=O. The lowest BCUT2D eigenvalue weighted by Crippen LogP contribution is -2.07. The molecule has 0 saturated heterocycles. The highest BCUT2D eigenvalue weighted by atomic mass is 79.9. The Balaban J connectivity index is 0.00000121. The first-order chi connectivity index (χ1) is 8.19. The fraction of sp³-hybridized carbons (Fsp3) is 0.615. The van der Waals surface area contributed by atoms with Crippen molar-refractivity contribution >= 4 is 37.8 Å². The van der Waals surface area contributed by atoms with Crippen molar-refractivity contribution in [3.8, 4) is 0 Å². The predicted octanol–water partition coefficient (Wildman–Crippen LogP) is 4.93. The number of allylic oxidation sites excluding steroid dienone is 1. The monoisotopic (exact) mass is 366 g/mol. The number of cyclic esters (lactones) is 1. The molecule has 0 aromatic carbocycles. The fourth-order valence-electron chi connectivity index (χ4n) is 1.66. The lowest BCUT2D eigenvalue weighted by Gasteiger charge is -2.09. The van der Waals surface area contributed by atoms with Crippen LogP contribution in [0.3, 0.4) is 0 Å². The second-order valence-electron chi connectivity index (χ2n) is 3.90. The van der Waals surface area contributed by atoms with Gasteiger partial charge in [0.2, 0.25) is 0 Å². The Bertz CT molecular complexity index is 296. The Kier molecular flexibility index (Phi) is 9.84. The summed E-state index contributed by atoms with van der Waals surface area (Å²) in [5.74, 6) is 2.53. The molecule has 1 heterocycles. The van der Waals surface area contributed by atoms with Crippen molar-refractivity contribution in [1.29, 1.82) is 0 Å². The van der Waals surface area contributed by atoms with Crippen molar-refractivity contribution in [3.05, 3.63) is 22.4 Å². The van der Waals surface area contributed by atoms with Crippen LogP contribution in [0.5, 0.6) is 0 Å². The molecule has 0 saturated carbocycles. The molecule has 0 N–H and O–H groups in total. The van der Waals surface area contributed by atoms with E-state index in [1.165, 1.54) is 19.3 Å². The first-order valence-corrected chi connectivity index (χ1v) is 8.31. The van der Waals surface area contributed by atoms with Gasteiger partial charge in [0.25, 0.3) is 0 Å². The van der Waals surface area contributed by atoms with Gasteiger partial charge in [0.15, 0.2) is 0 Å². The number of unbranched alkanes of at least 4 members (excludes halogenated alkanes) is 2. The van der Waals surface area contributed by atoms with Gasteiger partial charge in [0, 0.05) is 10.6 Å². The van der Waals surface area contributed by atoms with Gasteiger partial charge in [-0.2, -0.15) is 0 Å². The van der Waals surface area contributed by atoms with E-state index in [4.69, 9.17) is 4.74 Å². The van der Waals surface area contributed by atoms with Crippen LogP contribution in [0.1, 0.15) is 39.5 Å². The normalized spacial score (nSPS) is 18.3. The zero-order valence-corrected chi connectivity index (χ0v) is 13.8. The molecular formula is C13H20Br2O2. The van der Waals surface area contributed by atoms with E-state index >= 15 is 0 Å². The summed E-state index contributed by atoms with van der Waals surface area (Å²) in [6.45, 7) is 4.26. The average molecular weight is 368 g/mol. The van der Waals surface area contributed by atoms with Crippen LogP contribution in [-0.2, 0) is 9.53 Å². The molecule has 0 amide bonds. The van der Waals surface area contributed by atoms with Crippen molar-refractivity contribution in [2.45, 2.75) is 39.5 Å². The van der Waals surface area contributed by atoms with E-state index in [9.17, 15) is 4.79 Å². The summed E-state index contributed by atoms with van der Waals surface area (Å²) in [5.41, 5.74) is 0.803. The minimum Gasteiger partial charge on any atom is -0.423 e. The number of alkyl halides is 1. The van der Waals surface area contributed by atoms with Crippen molar-refractivity contribution in [3.63, 3.8) is 0 Å². The van der Waals surface area contributed by atoms with Crippen molar-refractivity contribution in [2.24, 2.45) is 5.92 Å². The topological polar surface area (TPSA) is 26.3 Å². The van der Waals surface area contributed by atoms with Gasteiger partial charge < -0.3 is 4.74 Å². The first-order valence-electron chi connectivity index (χ1n) is 5.81. The Morgan fingerprint density at radius 2 is 2.06 bits per heavy atom. The van der Waals surface area contributed by atoms with Gasteiger partial charge >= 0.3 is 5.97 Å². The van der Waals surface area contributed by atoms with Crippen molar-refractivity contribution in [1.82, 2.24) is 0 Å². The molecule has 1 rings (SSSR count). The highest BCUT2D eigenvalue weighted by Crippen LogP contribution is 2.27. The van der Waals surface area contributed by atoms with E-state index < -0.39 is 0 Å². The van der Waals surface area contributed by atoms with Crippen molar-refractivity contribution in [2.75, 3.05) is 5.83 Å². The minimum absolute atomic E-state index is 0.190. The number of carbonyl (C=O) groups excluding carboxylic acids is 1. The summed E-state index contributed by atoms with van der Waals surface area (Å²) >= 11 is 6.10. The molecule has 98 valence electrons. The van der Waals surface area contributed by atoms with Gasteiger partial charge in [-0.05, 0) is 24.2 Å². The number of hydrogen-bond donors (Lipinski definition) is 0. The van der Waals surface area contributed by atoms with Gasteiger partial charge in [-0.3, -0.25) is 0 Å². The van der Waals surface area contributed by atoms with Gasteiger partial charge in [-0.15, -0.1) is 0 Å². The number of halogens is 2. The van der Waals surface area contributed by atoms with Crippen LogP contribution in [-0.4, -0.2) is 11.8 Å². The average Bonchev–Trinajstić information content (AvgIpc) is 2.73. The highest BCUT2D eigenvalue weighted by molar-refractivity contribution is 9.11. The molecule has 0 aromatic heterocycles. The predicted molar refractivity (Wildman–Crippen MR) is 79.3 cm³/mol. The van der Waals surface area contributed by atoms with Crippen molar-refractivity contribution < 1.29 is 9.53 Å². The van der Waals surface area contributed by atoms with Crippen LogP contribution in [0.2, 0.25) is 0 Å². The lowest BCUT2D eigenvalue weighted by molar-refractivity contribution is -0.133. The highest BCUT2D eigenvalue weighted by Gasteiger charge is 2.25.